The van der Waals surface area contributed by atoms with Gasteiger partial charge in [0.1, 0.15) is 23.9 Å². The first kappa shape index (κ1) is 16.1. The molecule has 0 atom stereocenters. The molecule has 0 N–H and O–H groups in total. The number of hydrogen-bond donors (Lipinski definition) is 0. The molecule has 2 aromatic heterocycles. The van der Waals surface area contributed by atoms with Crippen molar-refractivity contribution in [3.8, 4) is 17.3 Å². The summed E-state index contributed by atoms with van der Waals surface area (Å²) in [6.07, 6.45) is 4.63. The van der Waals surface area contributed by atoms with Crippen molar-refractivity contribution in [2.24, 2.45) is 5.41 Å². The second-order valence-corrected chi connectivity index (χ2v) is 9.16. The number of fused-ring (bicyclic) bond motifs is 1. The summed E-state index contributed by atoms with van der Waals surface area (Å²) in [6.45, 7) is 0.370. The van der Waals surface area contributed by atoms with Crippen LogP contribution in [0.15, 0.2) is 18.3 Å². The third-order valence-corrected chi connectivity index (χ3v) is 4.96. The maximum atomic E-state index is 12.6. The lowest BCUT2D eigenvalue weighted by Gasteiger charge is -2.23. The molecule has 0 aliphatic heterocycles. The van der Waals surface area contributed by atoms with E-state index >= 15 is 0 Å². The van der Waals surface area contributed by atoms with Crippen molar-refractivity contribution in [1.82, 2.24) is 19.9 Å². The Hall–Kier alpha value is -2.54. The minimum atomic E-state index is -2.77. The van der Waals surface area contributed by atoms with E-state index in [-0.39, 0.29) is 30.9 Å². The summed E-state index contributed by atoms with van der Waals surface area (Å²) in [7, 11) is 1.86. The fourth-order valence-electron chi connectivity index (χ4n) is 3.71. The Morgan fingerprint density at radius 3 is 2.81 bits per heavy atom. The van der Waals surface area contributed by atoms with Gasteiger partial charge in [-0.15, -0.1) is 0 Å². The van der Waals surface area contributed by atoms with Crippen molar-refractivity contribution in [2.75, 3.05) is 45.6 Å². The zero-order chi connectivity index (χ0) is 27.6. The molecule has 7 nitrogen and oxygen atoms in total. The van der Waals surface area contributed by atoms with E-state index in [4.69, 9.17) is 22.9 Å². The second kappa shape index (κ2) is 9.73. The summed E-state index contributed by atoms with van der Waals surface area (Å²) in [5.41, 5.74) is 2.36. The molecular weight excluding hydrogens is 390 g/mol. The molecular formula is C24H35N5O2. The monoisotopic (exact) mass is 431 g/mol. The number of Topliss-reactive ketones (excluding diaryl/α,β-unsaturated/α-hetero) is 1. The molecule has 1 aliphatic carbocycles. The van der Waals surface area contributed by atoms with Gasteiger partial charge in [-0.2, -0.15) is 0 Å². The standard InChI is InChI=1S/C24H35N5O2/c1-24(2,3)15-17(30)16-29(6)23-19-8-7-9-20(19)26-22(27-23)21-14-18(10-11-25-21)31-13-12-28(4)5/h10-11,14H,7-9,12-13,15-16H2,1-6H3/i4D3,5D3. The van der Waals surface area contributed by atoms with Gasteiger partial charge in [-0.1, -0.05) is 20.8 Å². The number of pyridine rings is 1. The Labute approximate surface area is 194 Å². The summed E-state index contributed by atoms with van der Waals surface area (Å²) in [5, 5.41) is 0. The Morgan fingerprint density at radius 2 is 2.06 bits per heavy atom. The van der Waals surface area contributed by atoms with Gasteiger partial charge < -0.3 is 14.5 Å². The van der Waals surface area contributed by atoms with Gasteiger partial charge in [-0.05, 0) is 44.7 Å². The minimum absolute atomic E-state index is 0.0922. The first-order chi connectivity index (χ1) is 17.0. The van der Waals surface area contributed by atoms with Gasteiger partial charge in [0, 0.05) is 51.8 Å². The second-order valence-electron chi connectivity index (χ2n) is 9.16. The third-order valence-electron chi connectivity index (χ3n) is 4.96. The predicted octanol–water partition coefficient (Wildman–Crippen LogP) is 3.41. The van der Waals surface area contributed by atoms with Crippen molar-refractivity contribution >= 4 is 11.6 Å². The van der Waals surface area contributed by atoms with Gasteiger partial charge in [0.25, 0.3) is 0 Å². The Kier molecular flexibility index (Phi) is 5.07. The van der Waals surface area contributed by atoms with Crippen LogP contribution in [0.1, 0.15) is 53.1 Å². The molecule has 0 amide bonds. The van der Waals surface area contributed by atoms with Crippen LogP contribution >= 0.6 is 0 Å². The van der Waals surface area contributed by atoms with E-state index in [1.165, 1.54) is 6.20 Å². The van der Waals surface area contributed by atoms with Crippen LogP contribution in [-0.4, -0.2) is 66.3 Å². The highest BCUT2D eigenvalue weighted by Gasteiger charge is 2.24. The minimum Gasteiger partial charge on any atom is -0.492 e. The molecule has 0 saturated carbocycles. The number of carbonyl (C=O) groups excluding carboxylic acids is 1. The van der Waals surface area contributed by atoms with Crippen molar-refractivity contribution in [2.45, 2.75) is 46.5 Å². The molecule has 31 heavy (non-hydrogen) atoms. The maximum absolute atomic E-state index is 12.6. The molecule has 168 valence electrons. The Morgan fingerprint density at radius 1 is 1.26 bits per heavy atom. The summed E-state index contributed by atoms with van der Waals surface area (Å²) < 4.78 is 50.5. The van der Waals surface area contributed by atoms with E-state index < -0.39 is 14.0 Å². The highest BCUT2D eigenvalue weighted by atomic mass is 16.5. The van der Waals surface area contributed by atoms with Crippen LogP contribution in [0.4, 0.5) is 5.82 Å². The number of aryl methyl sites for hydroxylation is 1. The molecule has 7 heteroatoms. The van der Waals surface area contributed by atoms with E-state index in [9.17, 15) is 4.79 Å². The molecule has 0 saturated heterocycles. The van der Waals surface area contributed by atoms with Gasteiger partial charge in [-0.25, -0.2) is 9.97 Å². The highest BCUT2D eigenvalue weighted by molar-refractivity contribution is 5.84. The summed E-state index contributed by atoms with van der Waals surface area (Å²) in [5.74, 6) is 1.65. The fraction of sp³-hybridized carbons (Fsp3) is 0.583. The van der Waals surface area contributed by atoms with Crippen LogP contribution in [0.25, 0.3) is 11.5 Å². The Balaban J connectivity index is 1.79. The Bertz CT molecular complexity index is 1100. The van der Waals surface area contributed by atoms with E-state index in [0.29, 0.717) is 28.6 Å². The van der Waals surface area contributed by atoms with Crippen LogP contribution in [0, 0.1) is 5.41 Å². The molecule has 0 unspecified atom stereocenters. The smallest absolute Gasteiger partial charge is 0.180 e. The molecule has 2 aromatic rings. The zero-order valence-electron chi connectivity index (χ0n) is 24.7. The zero-order valence-corrected chi connectivity index (χ0v) is 18.7. The van der Waals surface area contributed by atoms with Crippen LogP contribution < -0.4 is 9.64 Å². The van der Waals surface area contributed by atoms with Crippen LogP contribution in [0.5, 0.6) is 5.75 Å². The highest BCUT2D eigenvalue weighted by Crippen LogP contribution is 2.31. The van der Waals surface area contributed by atoms with Crippen molar-refractivity contribution in [3.05, 3.63) is 29.6 Å². The number of ether oxygens (including phenoxy) is 1. The summed E-state index contributed by atoms with van der Waals surface area (Å²) in [6, 6.07) is 3.24. The topological polar surface area (TPSA) is 71.5 Å². The first-order valence-corrected chi connectivity index (χ1v) is 10.5. The molecule has 2 heterocycles. The number of hydrogen-bond acceptors (Lipinski definition) is 7. The molecule has 0 bridgehead atoms. The first-order valence-electron chi connectivity index (χ1n) is 13.5. The number of rotatable bonds is 9. The van der Waals surface area contributed by atoms with Gasteiger partial charge in [0.05, 0.1) is 6.54 Å². The fourth-order valence-corrected chi connectivity index (χ4v) is 3.71. The quantitative estimate of drug-likeness (QED) is 0.602. The van der Waals surface area contributed by atoms with E-state index in [2.05, 4.69) is 4.98 Å². The summed E-state index contributed by atoms with van der Waals surface area (Å²) in [4.78, 5) is 28.8. The van der Waals surface area contributed by atoms with E-state index in [1.54, 1.807) is 12.1 Å². The lowest BCUT2D eigenvalue weighted by molar-refractivity contribution is -0.119. The van der Waals surface area contributed by atoms with Crippen LogP contribution in [0.3, 0.4) is 0 Å². The molecule has 0 radical (unpaired) electrons. The maximum Gasteiger partial charge on any atom is 0.180 e. The number of likely N-dealkylation sites (N-methyl/N-ethyl adjacent to an activating group) is 2. The molecule has 0 aromatic carbocycles. The lowest BCUT2D eigenvalue weighted by Crippen LogP contribution is -2.30. The largest absolute Gasteiger partial charge is 0.492 e. The van der Waals surface area contributed by atoms with Gasteiger partial charge in [-0.3, -0.25) is 9.78 Å². The van der Waals surface area contributed by atoms with Gasteiger partial charge >= 0.3 is 0 Å². The third kappa shape index (κ3) is 6.47. The van der Waals surface area contributed by atoms with E-state index in [0.717, 1.165) is 36.3 Å². The van der Waals surface area contributed by atoms with Crippen LogP contribution in [0.2, 0.25) is 0 Å². The van der Waals surface area contributed by atoms with Crippen molar-refractivity contribution < 1.29 is 17.8 Å². The predicted molar refractivity (Wildman–Crippen MR) is 124 cm³/mol. The average Bonchev–Trinajstić information content (AvgIpc) is 3.21. The number of ketones is 1. The number of nitrogens with zero attached hydrogens (tertiary/aromatic N) is 5. The van der Waals surface area contributed by atoms with Crippen LogP contribution in [-0.2, 0) is 17.6 Å². The lowest BCUT2D eigenvalue weighted by atomic mass is 9.90. The van der Waals surface area contributed by atoms with E-state index in [1.807, 2.05) is 32.7 Å². The SMILES string of the molecule is [2H]C([2H])([2H])N(CCOc1ccnc(-c2nc3c(c(N(C)CC(=O)CC(C)(C)C)n2)CCC3)c1)C([2H])([2H])[2H]. The summed E-state index contributed by atoms with van der Waals surface area (Å²) >= 11 is 0. The molecule has 0 fully saturated rings. The molecule has 1 aliphatic rings. The average molecular weight is 432 g/mol. The van der Waals surface area contributed by atoms with Gasteiger partial charge in [0.15, 0.2) is 11.6 Å². The van der Waals surface area contributed by atoms with Crippen molar-refractivity contribution in [3.63, 3.8) is 0 Å². The van der Waals surface area contributed by atoms with Gasteiger partial charge in [0.2, 0.25) is 0 Å². The number of anilines is 1. The number of carbonyl (C=O) groups is 1. The molecule has 0 spiro atoms. The number of aromatic nitrogens is 3. The van der Waals surface area contributed by atoms with Crippen molar-refractivity contribution in [1.29, 1.82) is 0 Å². The molecule has 3 rings (SSSR count). The normalized spacial score (nSPS) is 17.1.